The molecule has 0 fully saturated rings. The minimum atomic E-state index is 0.774. The third-order valence-electron chi connectivity index (χ3n) is 3.67. The number of nitrogens with zero attached hydrogens (tertiary/aromatic N) is 2. The number of thiophene rings is 1. The number of hydrogen-bond donors (Lipinski definition) is 0. The highest BCUT2D eigenvalue weighted by molar-refractivity contribution is 9.12. The lowest BCUT2D eigenvalue weighted by atomic mass is 9.96. The van der Waals surface area contributed by atoms with Crippen LogP contribution < -0.4 is 0 Å². The van der Waals surface area contributed by atoms with Crippen molar-refractivity contribution in [3.05, 3.63) is 56.4 Å². The van der Waals surface area contributed by atoms with E-state index in [0.717, 1.165) is 33.5 Å². The summed E-state index contributed by atoms with van der Waals surface area (Å²) in [6.45, 7) is 0. The Kier molecular flexibility index (Phi) is 4.87. The summed E-state index contributed by atoms with van der Waals surface area (Å²) >= 11 is 5.19. The van der Waals surface area contributed by atoms with Gasteiger partial charge < -0.3 is 0 Å². The Labute approximate surface area is 143 Å². The van der Waals surface area contributed by atoms with E-state index in [2.05, 4.69) is 27.0 Å². The van der Waals surface area contributed by atoms with Crippen LogP contribution in [0, 0.1) is 11.3 Å². The molecule has 1 aliphatic carbocycles. The number of rotatable bonds is 3. The van der Waals surface area contributed by atoms with Gasteiger partial charge in [-0.1, -0.05) is 30.3 Å². The van der Waals surface area contributed by atoms with E-state index < -0.39 is 0 Å². The van der Waals surface area contributed by atoms with Crippen molar-refractivity contribution in [3.8, 4) is 6.07 Å². The molecule has 0 saturated heterocycles. The molecule has 0 N–H and O–H groups in total. The number of benzene rings is 1. The molecule has 2 aromatic rings. The second-order valence-electron chi connectivity index (χ2n) is 5.20. The van der Waals surface area contributed by atoms with Gasteiger partial charge in [0.05, 0.1) is 5.56 Å². The van der Waals surface area contributed by atoms with Gasteiger partial charge in [-0.2, -0.15) is 5.26 Å². The highest BCUT2D eigenvalue weighted by Crippen LogP contribution is 2.39. The summed E-state index contributed by atoms with van der Waals surface area (Å²) in [4.78, 5) is 5.88. The molecule has 3 rings (SSSR count). The van der Waals surface area contributed by atoms with Crippen molar-refractivity contribution >= 4 is 44.6 Å². The van der Waals surface area contributed by atoms with Gasteiger partial charge in [0.2, 0.25) is 0 Å². The van der Waals surface area contributed by atoms with Gasteiger partial charge in [0.15, 0.2) is 0 Å². The van der Waals surface area contributed by atoms with E-state index in [-0.39, 0.29) is 0 Å². The number of nitriles is 1. The van der Waals surface area contributed by atoms with Gasteiger partial charge in [0.1, 0.15) is 11.1 Å². The molecular formula is C18H15BrN2S. The Morgan fingerprint density at radius 2 is 2.00 bits per heavy atom. The smallest absolute Gasteiger partial charge is 0.134 e. The number of aliphatic imine (C=N–C) groups is 1. The number of aryl methyl sites for hydroxylation is 1. The van der Waals surface area contributed by atoms with Gasteiger partial charge in [-0.15, -0.1) is 11.3 Å². The SMILES string of the molecule is N#Cc1c(N=C/C(Br)=C\c2ccccc2)sc2c1CCCC2. The van der Waals surface area contributed by atoms with Gasteiger partial charge >= 0.3 is 0 Å². The maximum atomic E-state index is 9.42. The highest BCUT2D eigenvalue weighted by atomic mass is 79.9. The molecule has 22 heavy (non-hydrogen) atoms. The van der Waals surface area contributed by atoms with Crippen LogP contribution in [-0.4, -0.2) is 6.21 Å². The Hall–Kier alpha value is -1.70. The fraction of sp³-hybridized carbons (Fsp3) is 0.222. The third kappa shape index (κ3) is 3.37. The zero-order chi connectivity index (χ0) is 15.4. The van der Waals surface area contributed by atoms with Crippen molar-refractivity contribution in [1.82, 2.24) is 0 Å². The molecule has 0 atom stereocenters. The molecule has 1 heterocycles. The van der Waals surface area contributed by atoms with E-state index in [1.165, 1.54) is 23.3 Å². The molecule has 110 valence electrons. The van der Waals surface area contributed by atoms with Crippen LogP contribution in [0.3, 0.4) is 0 Å². The van der Waals surface area contributed by atoms with Crippen molar-refractivity contribution in [2.45, 2.75) is 25.7 Å². The Balaban J connectivity index is 1.85. The van der Waals surface area contributed by atoms with E-state index >= 15 is 0 Å². The van der Waals surface area contributed by atoms with Gasteiger partial charge in [-0.25, -0.2) is 4.99 Å². The van der Waals surface area contributed by atoms with E-state index in [1.807, 2.05) is 36.4 Å². The highest BCUT2D eigenvalue weighted by Gasteiger charge is 2.19. The summed E-state index contributed by atoms with van der Waals surface area (Å²) in [5.41, 5.74) is 3.12. The molecule has 2 nitrogen and oxygen atoms in total. The number of hydrogen-bond acceptors (Lipinski definition) is 3. The summed E-state index contributed by atoms with van der Waals surface area (Å²) in [7, 11) is 0. The van der Waals surface area contributed by atoms with Gasteiger partial charge in [-0.3, -0.25) is 0 Å². The van der Waals surface area contributed by atoms with Crippen LogP contribution in [0.5, 0.6) is 0 Å². The topological polar surface area (TPSA) is 36.1 Å². The fourth-order valence-electron chi connectivity index (χ4n) is 2.62. The van der Waals surface area contributed by atoms with Crippen molar-refractivity contribution in [1.29, 1.82) is 5.26 Å². The average Bonchev–Trinajstić information content (AvgIpc) is 2.91. The largest absolute Gasteiger partial charge is 0.243 e. The molecule has 0 bridgehead atoms. The first-order chi connectivity index (χ1) is 10.8. The fourth-order valence-corrected chi connectivity index (χ4v) is 4.17. The van der Waals surface area contributed by atoms with E-state index in [9.17, 15) is 5.26 Å². The van der Waals surface area contributed by atoms with E-state index in [4.69, 9.17) is 0 Å². The van der Waals surface area contributed by atoms with Gasteiger partial charge in [-0.05, 0) is 58.8 Å². The quantitative estimate of drug-likeness (QED) is 0.644. The van der Waals surface area contributed by atoms with Crippen LogP contribution in [0.2, 0.25) is 0 Å². The van der Waals surface area contributed by atoms with Crippen LogP contribution in [0.25, 0.3) is 6.08 Å². The second kappa shape index (κ2) is 7.04. The molecule has 1 aliphatic rings. The monoisotopic (exact) mass is 370 g/mol. The lowest BCUT2D eigenvalue weighted by Gasteiger charge is -2.09. The van der Waals surface area contributed by atoms with Crippen molar-refractivity contribution in [2.75, 3.05) is 0 Å². The zero-order valence-electron chi connectivity index (χ0n) is 12.1. The molecule has 0 saturated carbocycles. The lowest BCUT2D eigenvalue weighted by Crippen LogP contribution is -1.99. The molecular weight excluding hydrogens is 356 g/mol. The summed E-state index contributed by atoms with van der Waals surface area (Å²) in [6.07, 6.45) is 8.31. The predicted octanol–water partition coefficient (Wildman–Crippen LogP) is 5.64. The van der Waals surface area contributed by atoms with Crippen LogP contribution in [0.15, 0.2) is 39.8 Å². The van der Waals surface area contributed by atoms with E-state index in [1.54, 1.807) is 17.6 Å². The molecule has 0 unspecified atom stereocenters. The van der Waals surface area contributed by atoms with Gasteiger partial charge in [0, 0.05) is 15.6 Å². The maximum absolute atomic E-state index is 9.42. The zero-order valence-corrected chi connectivity index (χ0v) is 14.5. The molecule has 0 amide bonds. The number of allylic oxidation sites excluding steroid dienone is 1. The predicted molar refractivity (Wildman–Crippen MR) is 97.2 cm³/mol. The van der Waals surface area contributed by atoms with Crippen molar-refractivity contribution in [2.24, 2.45) is 4.99 Å². The summed E-state index contributed by atoms with van der Waals surface area (Å²) in [5, 5.41) is 10.3. The number of halogens is 1. The normalized spacial score (nSPS) is 14.8. The van der Waals surface area contributed by atoms with Crippen LogP contribution in [0.1, 0.15) is 34.4 Å². The summed E-state index contributed by atoms with van der Waals surface area (Å²) < 4.78 is 0.897. The third-order valence-corrected chi connectivity index (χ3v) is 5.31. The Bertz CT molecular complexity index is 766. The molecule has 1 aromatic heterocycles. The summed E-state index contributed by atoms with van der Waals surface area (Å²) in [6, 6.07) is 12.4. The van der Waals surface area contributed by atoms with Crippen molar-refractivity contribution in [3.63, 3.8) is 0 Å². The first-order valence-electron chi connectivity index (χ1n) is 7.29. The molecule has 1 aromatic carbocycles. The first-order valence-corrected chi connectivity index (χ1v) is 8.90. The van der Waals surface area contributed by atoms with Crippen LogP contribution in [-0.2, 0) is 12.8 Å². The standard InChI is InChI=1S/C18H15BrN2S/c19-14(10-13-6-2-1-3-7-13)12-21-18-16(11-20)15-8-4-5-9-17(15)22-18/h1-3,6-7,10,12H,4-5,8-9H2/b14-10+,21-12?. The number of fused-ring (bicyclic) bond motifs is 1. The van der Waals surface area contributed by atoms with Gasteiger partial charge in [0.25, 0.3) is 0 Å². The Morgan fingerprint density at radius 1 is 1.23 bits per heavy atom. The lowest BCUT2D eigenvalue weighted by molar-refractivity contribution is 0.696. The van der Waals surface area contributed by atoms with Crippen LogP contribution >= 0.6 is 27.3 Å². The molecule has 0 aliphatic heterocycles. The second-order valence-corrected chi connectivity index (χ2v) is 7.20. The molecule has 0 radical (unpaired) electrons. The van der Waals surface area contributed by atoms with E-state index in [0.29, 0.717) is 0 Å². The Morgan fingerprint density at radius 3 is 2.77 bits per heavy atom. The maximum Gasteiger partial charge on any atom is 0.134 e. The average molecular weight is 371 g/mol. The molecule has 4 heteroatoms. The first kappa shape index (κ1) is 15.2. The minimum Gasteiger partial charge on any atom is -0.243 e. The molecule has 0 spiro atoms. The van der Waals surface area contributed by atoms with Crippen molar-refractivity contribution < 1.29 is 0 Å². The van der Waals surface area contributed by atoms with Crippen LogP contribution in [0.4, 0.5) is 5.00 Å². The summed E-state index contributed by atoms with van der Waals surface area (Å²) in [5.74, 6) is 0. The minimum absolute atomic E-state index is 0.774.